The van der Waals surface area contributed by atoms with Crippen LogP contribution in [0.5, 0.6) is 0 Å². The SMILES string of the molecule is Cc1cc2ncn(-c3c(N)cc(N)c(Cl)c3F)c2cc1C. The Morgan fingerprint density at radius 2 is 1.76 bits per heavy atom. The van der Waals surface area contributed by atoms with Gasteiger partial charge in [0.1, 0.15) is 17.0 Å². The third-order valence-electron chi connectivity index (χ3n) is 3.64. The number of halogens is 2. The summed E-state index contributed by atoms with van der Waals surface area (Å²) in [7, 11) is 0. The van der Waals surface area contributed by atoms with Crippen molar-refractivity contribution in [2.45, 2.75) is 13.8 Å². The number of anilines is 2. The summed E-state index contributed by atoms with van der Waals surface area (Å²) in [6, 6.07) is 5.35. The second kappa shape index (κ2) is 4.63. The molecule has 3 aromatic rings. The first-order valence-corrected chi connectivity index (χ1v) is 6.75. The van der Waals surface area contributed by atoms with Crippen molar-refractivity contribution in [1.29, 1.82) is 0 Å². The van der Waals surface area contributed by atoms with Gasteiger partial charge in [0.05, 0.1) is 22.4 Å². The van der Waals surface area contributed by atoms with Gasteiger partial charge >= 0.3 is 0 Å². The van der Waals surface area contributed by atoms with E-state index in [9.17, 15) is 4.39 Å². The van der Waals surface area contributed by atoms with E-state index in [0.29, 0.717) is 0 Å². The van der Waals surface area contributed by atoms with Crippen molar-refractivity contribution in [2.24, 2.45) is 0 Å². The topological polar surface area (TPSA) is 69.9 Å². The molecule has 0 aliphatic carbocycles. The number of rotatable bonds is 1. The molecule has 0 spiro atoms. The largest absolute Gasteiger partial charge is 0.397 e. The van der Waals surface area contributed by atoms with E-state index in [2.05, 4.69) is 4.98 Å². The molecule has 2 aromatic carbocycles. The van der Waals surface area contributed by atoms with Crippen LogP contribution in [0.4, 0.5) is 15.8 Å². The van der Waals surface area contributed by atoms with Crippen LogP contribution in [0.3, 0.4) is 0 Å². The highest BCUT2D eigenvalue weighted by molar-refractivity contribution is 6.33. The molecule has 0 aliphatic rings. The predicted molar refractivity (Wildman–Crippen MR) is 84.3 cm³/mol. The van der Waals surface area contributed by atoms with Crippen molar-refractivity contribution in [3.05, 3.63) is 46.5 Å². The minimum absolute atomic E-state index is 0.117. The number of benzene rings is 2. The van der Waals surface area contributed by atoms with Crippen LogP contribution in [-0.2, 0) is 0 Å². The van der Waals surface area contributed by atoms with Crippen LogP contribution < -0.4 is 11.5 Å². The zero-order chi connectivity index (χ0) is 15.3. The van der Waals surface area contributed by atoms with E-state index >= 15 is 0 Å². The molecule has 1 aromatic heterocycles. The fraction of sp³-hybridized carbons (Fsp3) is 0.133. The number of imidazole rings is 1. The van der Waals surface area contributed by atoms with Crippen LogP contribution in [0, 0.1) is 19.7 Å². The monoisotopic (exact) mass is 304 g/mol. The molecule has 1 heterocycles. The Morgan fingerprint density at radius 3 is 2.48 bits per heavy atom. The quantitative estimate of drug-likeness (QED) is 0.675. The van der Waals surface area contributed by atoms with Crippen molar-refractivity contribution < 1.29 is 4.39 Å². The van der Waals surface area contributed by atoms with Crippen molar-refractivity contribution in [2.75, 3.05) is 11.5 Å². The molecule has 0 fully saturated rings. The first-order valence-electron chi connectivity index (χ1n) is 6.37. The maximum Gasteiger partial charge on any atom is 0.170 e. The van der Waals surface area contributed by atoms with Crippen LogP contribution in [0.1, 0.15) is 11.1 Å². The van der Waals surface area contributed by atoms with Gasteiger partial charge in [0, 0.05) is 0 Å². The standard InChI is InChI=1S/C15H14ClFN4/c1-7-3-11-12(4-8(7)2)21(6-20-11)15-10(19)5-9(18)13(16)14(15)17/h3-6H,18-19H2,1-2H3. The Morgan fingerprint density at radius 1 is 1.10 bits per heavy atom. The number of aryl methyl sites for hydroxylation is 2. The highest BCUT2D eigenvalue weighted by Gasteiger charge is 2.18. The maximum atomic E-state index is 14.5. The lowest BCUT2D eigenvalue weighted by Gasteiger charge is -2.12. The van der Waals surface area contributed by atoms with E-state index in [1.54, 1.807) is 4.57 Å². The Bertz CT molecular complexity index is 870. The number of nitrogens with zero attached hydrogens (tertiary/aromatic N) is 2. The molecular weight excluding hydrogens is 291 g/mol. The Hall–Kier alpha value is -2.27. The molecule has 0 amide bonds. The summed E-state index contributed by atoms with van der Waals surface area (Å²) in [5.74, 6) is -0.647. The molecule has 21 heavy (non-hydrogen) atoms. The van der Waals surface area contributed by atoms with E-state index in [-0.39, 0.29) is 22.1 Å². The van der Waals surface area contributed by atoms with Gasteiger partial charge in [-0.25, -0.2) is 9.37 Å². The molecule has 4 nitrogen and oxygen atoms in total. The summed E-state index contributed by atoms with van der Waals surface area (Å²) in [6.45, 7) is 3.99. The van der Waals surface area contributed by atoms with E-state index in [0.717, 1.165) is 22.2 Å². The van der Waals surface area contributed by atoms with Gasteiger partial charge < -0.3 is 11.5 Å². The van der Waals surface area contributed by atoms with Crippen LogP contribution in [0.25, 0.3) is 16.7 Å². The molecule has 4 N–H and O–H groups in total. The number of aromatic nitrogens is 2. The van der Waals surface area contributed by atoms with Gasteiger partial charge in [0.25, 0.3) is 0 Å². The summed E-state index contributed by atoms with van der Waals surface area (Å²) >= 11 is 5.89. The number of fused-ring (bicyclic) bond motifs is 1. The van der Waals surface area contributed by atoms with Gasteiger partial charge in [-0.1, -0.05) is 11.6 Å². The zero-order valence-electron chi connectivity index (χ0n) is 11.6. The molecule has 0 saturated carbocycles. The normalized spacial score (nSPS) is 11.2. The van der Waals surface area contributed by atoms with Crippen LogP contribution in [-0.4, -0.2) is 9.55 Å². The van der Waals surface area contributed by atoms with Gasteiger partial charge in [-0.15, -0.1) is 0 Å². The number of hydrogen-bond donors (Lipinski definition) is 2. The van der Waals surface area contributed by atoms with Crippen LogP contribution in [0.2, 0.25) is 5.02 Å². The summed E-state index contributed by atoms with van der Waals surface area (Å²) in [4.78, 5) is 4.30. The fourth-order valence-corrected chi connectivity index (χ4v) is 2.49. The molecular formula is C15H14ClFN4. The number of nitrogens with two attached hydrogens (primary N) is 2. The van der Waals surface area contributed by atoms with E-state index < -0.39 is 5.82 Å². The first-order chi connectivity index (χ1) is 9.90. The second-order valence-corrected chi connectivity index (χ2v) is 5.45. The van der Waals surface area contributed by atoms with Crippen molar-refractivity contribution in [3.8, 4) is 5.69 Å². The predicted octanol–water partition coefficient (Wildman–Crippen LogP) is 3.60. The smallest absolute Gasteiger partial charge is 0.170 e. The van der Waals surface area contributed by atoms with Crippen LogP contribution in [0.15, 0.2) is 24.5 Å². The number of nitrogen functional groups attached to an aromatic ring is 2. The zero-order valence-corrected chi connectivity index (χ0v) is 12.4. The first kappa shape index (κ1) is 13.7. The van der Waals surface area contributed by atoms with E-state index in [1.807, 2.05) is 26.0 Å². The maximum absolute atomic E-state index is 14.5. The highest BCUT2D eigenvalue weighted by atomic mass is 35.5. The van der Waals surface area contributed by atoms with E-state index in [4.69, 9.17) is 23.1 Å². The van der Waals surface area contributed by atoms with Crippen LogP contribution >= 0.6 is 11.6 Å². The highest BCUT2D eigenvalue weighted by Crippen LogP contribution is 2.34. The lowest BCUT2D eigenvalue weighted by Crippen LogP contribution is -2.05. The Kier molecular flexibility index (Phi) is 3.02. The van der Waals surface area contributed by atoms with Gasteiger partial charge in [-0.05, 0) is 43.2 Å². The molecule has 0 atom stereocenters. The molecule has 6 heteroatoms. The summed E-state index contributed by atoms with van der Waals surface area (Å²) in [6.07, 6.45) is 1.53. The van der Waals surface area contributed by atoms with E-state index in [1.165, 1.54) is 12.4 Å². The minimum atomic E-state index is -0.647. The lowest BCUT2D eigenvalue weighted by molar-refractivity contribution is 0.621. The summed E-state index contributed by atoms with van der Waals surface area (Å²) in [5.41, 5.74) is 15.8. The van der Waals surface area contributed by atoms with Gasteiger partial charge in [0.15, 0.2) is 5.82 Å². The molecule has 108 valence electrons. The minimum Gasteiger partial charge on any atom is -0.397 e. The molecule has 0 saturated heterocycles. The summed E-state index contributed by atoms with van der Waals surface area (Å²) < 4.78 is 16.0. The van der Waals surface area contributed by atoms with Gasteiger partial charge in [0.2, 0.25) is 0 Å². The van der Waals surface area contributed by atoms with Crippen molar-refractivity contribution in [3.63, 3.8) is 0 Å². The molecule has 0 aliphatic heterocycles. The Balaban J connectivity index is 2.36. The number of hydrogen-bond acceptors (Lipinski definition) is 3. The fourth-order valence-electron chi connectivity index (χ4n) is 2.34. The summed E-state index contributed by atoms with van der Waals surface area (Å²) in [5, 5.41) is -0.134. The second-order valence-electron chi connectivity index (χ2n) is 5.07. The lowest BCUT2D eigenvalue weighted by atomic mass is 10.1. The molecule has 0 unspecified atom stereocenters. The van der Waals surface area contributed by atoms with Gasteiger partial charge in [-0.3, -0.25) is 4.57 Å². The third kappa shape index (κ3) is 2.01. The molecule has 0 bridgehead atoms. The van der Waals surface area contributed by atoms with Crippen molar-refractivity contribution in [1.82, 2.24) is 9.55 Å². The third-order valence-corrected chi connectivity index (χ3v) is 4.03. The van der Waals surface area contributed by atoms with Crippen molar-refractivity contribution >= 4 is 34.0 Å². The average molecular weight is 305 g/mol. The van der Waals surface area contributed by atoms with Gasteiger partial charge in [-0.2, -0.15) is 0 Å². The Labute approximate surface area is 126 Å². The molecule has 3 rings (SSSR count). The molecule has 0 radical (unpaired) electrons. The average Bonchev–Trinajstić information content (AvgIpc) is 2.80.